The van der Waals surface area contributed by atoms with Crippen LogP contribution < -0.4 is 44.1 Å². The van der Waals surface area contributed by atoms with Crippen molar-refractivity contribution in [2.75, 3.05) is 0 Å². The van der Waals surface area contributed by atoms with E-state index in [9.17, 15) is 27.5 Å². The molecule has 0 N–H and O–H groups in total. The van der Waals surface area contributed by atoms with Gasteiger partial charge in [0.15, 0.2) is 11.5 Å². The number of aromatic carboxylic acids is 1. The van der Waals surface area contributed by atoms with E-state index in [0.29, 0.717) is 6.07 Å². The molecule has 4 nitrogen and oxygen atoms in total. The number of carbonyl (C=O) groups excluding carboxylic acids is 1. The number of hydrogen-bond acceptors (Lipinski definition) is 4. The van der Waals surface area contributed by atoms with Gasteiger partial charge >= 0.3 is 42.8 Å². The maximum Gasteiger partial charge on any atom is 1.00 e. The van der Waals surface area contributed by atoms with Crippen molar-refractivity contribution >= 4 is 5.97 Å². The molecule has 0 fully saturated rings. The van der Waals surface area contributed by atoms with Crippen LogP contribution >= 0.6 is 0 Å². The van der Waals surface area contributed by atoms with Crippen LogP contribution in [0.2, 0.25) is 0 Å². The van der Waals surface area contributed by atoms with E-state index < -0.39 is 36.3 Å². The van der Waals surface area contributed by atoms with Crippen LogP contribution in [0.1, 0.15) is 10.4 Å². The first kappa shape index (κ1) is 17.0. The molecule has 1 rings (SSSR count). The number of halogens is 4. The molecular formula is C9H5F4NaO4. The number of carboxylic acid groups (broad SMARTS) is 1. The Kier molecular flexibility index (Phi) is 7.04. The van der Waals surface area contributed by atoms with Crippen molar-refractivity contribution in [3.8, 4) is 11.5 Å². The van der Waals surface area contributed by atoms with Crippen molar-refractivity contribution in [3.05, 3.63) is 23.8 Å². The Morgan fingerprint density at radius 3 is 2.00 bits per heavy atom. The molecule has 0 spiro atoms. The Morgan fingerprint density at radius 1 is 1.06 bits per heavy atom. The van der Waals surface area contributed by atoms with Crippen molar-refractivity contribution in [2.24, 2.45) is 0 Å². The second-order valence-corrected chi connectivity index (χ2v) is 2.71. The van der Waals surface area contributed by atoms with Gasteiger partial charge in [0.1, 0.15) is 0 Å². The molecule has 0 aliphatic heterocycles. The van der Waals surface area contributed by atoms with E-state index in [1.165, 1.54) is 0 Å². The first-order valence-electron chi connectivity index (χ1n) is 4.15. The standard InChI is InChI=1S/C9H6F4O4.Na/c10-8(11)16-5-2-1-4(7(14)15)3-6(5)17-9(12)13;/h1-3,8-9H,(H,14,15);/q;+1/p-1. The van der Waals surface area contributed by atoms with E-state index in [1.54, 1.807) is 0 Å². The first-order chi connectivity index (χ1) is 7.90. The van der Waals surface area contributed by atoms with Gasteiger partial charge in [0, 0.05) is 5.56 Å². The van der Waals surface area contributed by atoms with E-state index in [0.717, 1.165) is 12.1 Å². The number of hydrogen-bond donors (Lipinski definition) is 0. The summed E-state index contributed by atoms with van der Waals surface area (Å²) in [6, 6.07) is 2.25. The molecule has 9 heteroatoms. The third-order valence-electron chi connectivity index (χ3n) is 1.61. The van der Waals surface area contributed by atoms with Gasteiger partial charge in [0.25, 0.3) is 0 Å². The minimum Gasteiger partial charge on any atom is -0.545 e. The predicted molar refractivity (Wildman–Crippen MR) is 44.0 cm³/mol. The normalized spacial score (nSPS) is 10.1. The van der Waals surface area contributed by atoms with E-state index in [1.807, 2.05) is 0 Å². The van der Waals surface area contributed by atoms with Crippen molar-refractivity contribution in [2.45, 2.75) is 13.2 Å². The number of alkyl halides is 4. The number of carboxylic acids is 1. The zero-order valence-electron chi connectivity index (χ0n) is 9.03. The molecule has 0 saturated carbocycles. The molecule has 0 bridgehead atoms. The van der Waals surface area contributed by atoms with Gasteiger partial charge in [-0.1, -0.05) is 0 Å². The molecular weight excluding hydrogens is 271 g/mol. The molecule has 0 unspecified atom stereocenters. The molecule has 0 aliphatic carbocycles. The molecule has 0 aliphatic rings. The van der Waals surface area contributed by atoms with Crippen molar-refractivity contribution in [3.63, 3.8) is 0 Å². The molecule has 0 amide bonds. The SMILES string of the molecule is O=C([O-])c1ccc(OC(F)F)c(OC(F)F)c1.[Na+]. The summed E-state index contributed by atoms with van der Waals surface area (Å²) in [4.78, 5) is 10.4. The van der Waals surface area contributed by atoms with Crippen LogP contribution in [0.5, 0.6) is 11.5 Å². The number of rotatable bonds is 5. The second-order valence-electron chi connectivity index (χ2n) is 2.71. The van der Waals surface area contributed by atoms with Gasteiger partial charge in [0.05, 0.1) is 5.97 Å². The van der Waals surface area contributed by atoms with Crippen LogP contribution in [-0.2, 0) is 0 Å². The topological polar surface area (TPSA) is 58.6 Å². The fourth-order valence-corrected chi connectivity index (χ4v) is 1.02. The van der Waals surface area contributed by atoms with Crippen LogP contribution in [0.15, 0.2) is 18.2 Å². The molecule has 0 radical (unpaired) electrons. The van der Waals surface area contributed by atoms with Crippen molar-refractivity contribution in [1.82, 2.24) is 0 Å². The Labute approximate surface area is 121 Å². The van der Waals surface area contributed by atoms with Crippen LogP contribution in [-0.4, -0.2) is 19.2 Å². The van der Waals surface area contributed by atoms with Crippen LogP contribution in [0, 0.1) is 0 Å². The second kappa shape index (κ2) is 7.45. The minimum atomic E-state index is -3.30. The predicted octanol–water partition coefficient (Wildman–Crippen LogP) is -1.74. The summed E-state index contributed by atoms with van der Waals surface area (Å²) < 4.78 is 55.4. The zero-order valence-corrected chi connectivity index (χ0v) is 11.0. The Hall–Kier alpha value is -0.990. The zero-order chi connectivity index (χ0) is 13.0. The van der Waals surface area contributed by atoms with Crippen LogP contribution in [0.4, 0.5) is 17.6 Å². The molecule has 94 valence electrons. The third-order valence-corrected chi connectivity index (χ3v) is 1.61. The molecule has 1 aromatic rings. The molecule has 0 heterocycles. The smallest absolute Gasteiger partial charge is 0.545 e. The number of ether oxygens (including phenoxy) is 2. The minimum absolute atomic E-state index is 0. The van der Waals surface area contributed by atoms with Crippen LogP contribution in [0.25, 0.3) is 0 Å². The van der Waals surface area contributed by atoms with E-state index in [2.05, 4.69) is 9.47 Å². The Bertz CT molecular complexity index is 414. The summed E-state index contributed by atoms with van der Waals surface area (Å²) >= 11 is 0. The summed E-state index contributed by atoms with van der Waals surface area (Å²) in [6.45, 7) is -6.55. The summed E-state index contributed by atoms with van der Waals surface area (Å²) in [5, 5.41) is 10.4. The Balaban J connectivity index is 0.00000289. The maximum atomic E-state index is 11.9. The molecule has 0 aromatic heterocycles. The number of carbonyl (C=O) groups is 1. The summed E-state index contributed by atoms with van der Waals surface area (Å²) in [7, 11) is 0. The third kappa shape index (κ3) is 5.11. The first-order valence-corrected chi connectivity index (χ1v) is 4.15. The molecule has 18 heavy (non-hydrogen) atoms. The van der Waals surface area contributed by atoms with E-state index >= 15 is 0 Å². The van der Waals surface area contributed by atoms with Gasteiger partial charge in [-0.2, -0.15) is 17.6 Å². The van der Waals surface area contributed by atoms with Gasteiger partial charge in [-0.25, -0.2) is 0 Å². The van der Waals surface area contributed by atoms with E-state index in [4.69, 9.17) is 0 Å². The van der Waals surface area contributed by atoms with Crippen molar-refractivity contribution < 1.29 is 66.5 Å². The van der Waals surface area contributed by atoms with Crippen molar-refractivity contribution in [1.29, 1.82) is 0 Å². The summed E-state index contributed by atoms with van der Waals surface area (Å²) in [5.74, 6) is -3.15. The van der Waals surface area contributed by atoms with Gasteiger partial charge in [0.2, 0.25) is 0 Å². The van der Waals surface area contributed by atoms with Gasteiger partial charge in [-0.05, 0) is 18.2 Å². The van der Waals surface area contributed by atoms with Gasteiger partial charge in [-0.15, -0.1) is 0 Å². The summed E-state index contributed by atoms with van der Waals surface area (Å²) in [6.07, 6.45) is 0. The molecule has 0 saturated heterocycles. The average Bonchev–Trinajstić information content (AvgIpc) is 2.18. The fraction of sp³-hybridized carbons (Fsp3) is 0.222. The summed E-state index contributed by atoms with van der Waals surface area (Å²) in [5.41, 5.74) is -0.498. The maximum absolute atomic E-state index is 11.9. The molecule has 0 atom stereocenters. The number of benzene rings is 1. The average molecular weight is 276 g/mol. The monoisotopic (exact) mass is 276 g/mol. The quantitative estimate of drug-likeness (QED) is 0.473. The fourth-order valence-electron chi connectivity index (χ4n) is 1.02. The van der Waals surface area contributed by atoms with E-state index in [-0.39, 0.29) is 29.6 Å². The van der Waals surface area contributed by atoms with Crippen LogP contribution in [0.3, 0.4) is 0 Å². The largest absolute Gasteiger partial charge is 1.00 e. The van der Waals surface area contributed by atoms with Gasteiger partial charge in [-0.3, -0.25) is 0 Å². The molecule has 1 aromatic carbocycles. The Morgan fingerprint density at radius 2 is 1.56 bits per heavy atom. The van der Waals surface area contributed by atoms with Gasteiger partial charge < -0.3 is 19.4 Å².